The van der Waals surface area contributed by atoms with Gasteiger partial charge in [-0.25, -0.2) is 4.68 Å². The minimum atomic E-state index is -0.734. The van der Waals surface area contributed by atoms with Crippen molar-refractivity contribution in [1.82, 2.24) is 9.78 Å². The molecule has 1 atom stereocenters. The average molecular weight is 368 g/mol. The Hall–Kier alpha value is -2.92. The first-order valence-corrected chi connectivity index (χ1v) is 8.68. The van der Waals surface area contributed by atoms with Crippen LogP contribution in [-0.4, -0.2) is 15.7 Å². The standard InChI is InChI=1S/C20H18ClN3O2/c1-2-18(20(26)22-17-11-7-6-10-15(17)21)24-19(25)13-12-16(23-24)14-8-4-3-5-9-14/h3-13,18H,2H2,1H3,(H,22,26). The molecule has 1 unspecified atom stereocenters. The van der Waals surface area contributed by atoms with E-state index in [4.69, 9.17) is 11.6 Å². The number of rotatable bonds is 5. The fourth-order valence-corrected chi connectivity index (χ4v) is 2.84. The summed E-state index contributed by atoms with van der Waals surface area (Å²) in [6, 6.07) is 18.8. The lowest BCUT2D eigenvalue weighted by Gasteiger charge is -2.18. The molecular formula is C20H18ClN3O2. The highest BCUT2D eigenvalue weighted by atomic mass is 35.5. The second kappa shape index (κ2) is 7.97. The van der Waals surface area contributed by atoms with Crippen LogP contribution in [0.25, 0.3) is 11.3 Å². The van der Waals surface area contributed by atoms with E-state index in [0.29, 0.717) is 22.8 Å². The summed E-state index contributed by atoms with van der Waals surface area (Å²) in [4.78, 5) is 25.0. The van der Waals surface area contributed by atoms with Crippen molar-refractivity contribution < 1.29 is 4.79 Å². The van der Waals surface area contributed by atoms with Crippen molar-refractivity contribution in [3.63, 3.8) is 0 Å². The number of carbonyl (C=O) groups excluding carboxylic acids is 1. The van der Waals surface area contributed by atoms with Gasteiger partial charge in [0.05, 0.1) is 16.4 Å². The van der Waals surface area contributed by atoms with Gasteiger partial charge >= 0.3 is 0 Å². The SMILES string of the molecule is CCC(C(=O)Nc1ccccc1Cl)n1nc(-c2ccccc2)ccc1=O. The lowest BCUT2D eigenvalue weighted by molar-refractivity contribution is -0.119. The largest absolute Gasteiger partial charge is 0.323 e. The number of carbonyl (C=O) groups is 1. The summed E-state index contributed by atoms with van der Waals surface area (Å²) in [5.41, 5.74) is 1.69. The molecule has 132 valence electrons. The van der Waals surface area contributed by atoms with Gasteiger partial charge in [-0.1, -0.05) is 61.0 Å². The molecule has 0 fully saturated rings. The van der Waals surface area contributed by atoms with E-state index in [1.54, 1.807) is 30.3 Å². The van der Waals surface area contributed by atoms with E-state index in [1.807, 2.05) is 37.3 Å². The highest BCUT2D eigenvalue weighted by Crippen LogP contribution is 2.22. The Kier molecular flexibility index (Phi) is 5.49. The van der Waals surface area contributed by atoms with Crippen LogP contribution in [0.3, 0.4) is 0 Å². The Morgan fingerprint density at radius 3 is 2.46 bits per heavy atom. The fourth-order valence-electron chi connectivity index (χ4n) is 2.66. The van der Waals surface area contributed by atoms with Crippen molar-refractivity contribution in [3.8, 4) is 11.3 Å². The van der Waals surface area contributed by atoms with Gasteiger partial charge in [0.25, 0.3) is 5.56 Å². The van der Waals surface area contributed by atoms with Crippen LogP contribution >= 0.6 is 11.6 Å². The third-order valence-corrected chi connectivity index (χ3v) is 4.34. The first-order valence-electron chi connectivity index (χ1n) is 8.31. The van der Waals surface area contributed by atoms with Gasteiger partial charge in [-0.2, -0.15) is 5.10 Å². The van der Waals surface area contributed by atoms with E-state index < -0.39 is 6.04 Å². The predicted octanol–water partition coefficient (Wildman–Crippen LogP) is 4.15. The summed E-state index contributed by atoms with van der Waals surface area (Å²) in [5, 5.41) is 7.62. The topological polar surface area (TPSA) is 64.0 Å². The quantitative estimate of drug-likeness (QED) is 0.736. The van der Waals surface area contributed by atoms with Gasteiger partial charge in [-0.15, -0.1) is 0 Å². The van der Waals surface area contributed by atoms with Crippen molar-refractivity contribution >= 4 is 23.2 Å². The monoisotopic (exact) mass is 367 g/mol. The normalized spacial score (nSPS) is 11.8. The number of hydrogen-bond acceptors (Lipinski definition) is 3. The molecule has 26 heavy (non-hydrogen) atoms. The van der Waals surface area contributed by atoms with Crippen molar-refractivity contribution in [1.29, 1.82) is 0 Å². The van der Waals surface area contributed by atoms with Crippen LogP contribution in [0.15, 0.2) is 71.5 Å². The number of nitrogens with zero attached hydrogens (tertiary/aromatic N) is 2. The molecule has 3 rings (SSSR count). The van der Waals surface area contributed by atoms with E-state index in [1.165, 1.54) is 10.7 Å². The zero-order valence-electron chi connectivity index (χ0n) is 14.2. The number of halogens is 1. The zero-order chi connectivity index (χ0) is 18.5. The number of nitrogens with one attached hydrogen (secondary N) is 1. The van der Waals surface area contributed by atoms with Crippen molar-refractivity contribution in [2.75, 3.05) is 5.32 Å². The third-order valence-electron chi connectivity index (χ3n) is 4.01. The molecular weight excluding hydrogens is 350 g/mol. The lowest BCUT2D eigenvalue weighted by Crippen LogP contribution is -2.34. The van der Waals surface area contributed by atoms with E-state index in [0.717, 1.165) is 5.56 Å². The molecule has 0 aliphatic carbocycles. The second-order valence-electron chi connectivity index (χ2n) is 5.76. The molecule has 1 aromatic heterocycles. The van der Waals surface area contributed by atoms with Crippen LogP contribution < -0.4 is 10.9 Å². The number of para-hydroxylation sites is 1. The van der Waals surface area contributed by atoms with E-state index in [9.17, 15) is 9.59 Å². The fraction of sp³-hybridized carbons (Fsp3) is 0.150. The molecule has 2 aromatic carbocycles. The van der Waals surface area contributed by atoms with Gasteiger partial charge in [-0.05, 0) is 24.6 Å². The highest BCUT2D eigenvalue weighted by Gasteiger charge is 2.22. The second-order valence-corrected chi connectivity index (χ2v) is 6.17. The summed E-state index contributed by atoms with van der Waals surface area (Å²) < 4.78 is 1.23. The number of hydrogen-bond donors (Lipinski definition) is 1. The Balaban J connectivity index is 1.93. The van der Waals surface area contributed by atoms with Gasteiger partial charge in [0.2, 0.25) is 5.91 Å². The van der Waals surface area contributed by atoms with Crippen molar-refractivity contribution in [3.05, 3.63) is 82.1 Å². The maximum atomic E-state index is 12.7. The van der Waals surface area contributed by atoms with Gasteiger partial charge < -0.3 is 5.32 Å². The van der Waals surface area contributed by atoms with Crippen LogP contribution in [0.2, 0.25) is 5.02 Å². The van der Waals surface area contributed by atoms with Crippen LogP contribution in [0.4, 0.5) is 5.69 Å². The number of benzene rings is 2. The first-order chi connectivity index (χ1) is 12.6. The molecule has 0 saturated carbocycles. The highest BCUT2D eigenvalue weighted by molar-refractivity contribution is 6.33. The van der Waals surface area contributed by atoms with E-state index in [2.05, 4.69) is 10.4 Å². The maximum absolute atomic E-state index is 12.7. The lowest BCUT2D eigenvalue weighted by atomic mass is 10.1. The van der Waals surface area contributed by atoms with Gasteiger partial charge in [0.15, 0.2) is 0 Å². The molecule has 0 aliphatic rings. The average Bonchev–Trinajstić information content (AvgIpc) is 2.66. The summed E-state index contributed by atoms with van der Waals surface area (Å²) >= 11 is 6.10. The maximum Gasteiger partial charge on any atom is 0.267 e. The smallest absolute Gasteiger partial charge is 0.267 e. The third kappa shape index (κ3) is 3.83. The molecule has 1 N–H and O–H groups in total. The van der Waals surface area contributed by atoms with Crippen LogP contribution in [0, 0.1) is 0 Å². The molecule has 1 heterocycles. The molecule has 0 aliphatic heterocycles. The molecule has 0 saturated heterocycles. The Labute approximate surface area is 156 Å². The molecule has 0 spiro atoms. The molecule has 3 aromatic rings. The van der Waals surface area contributed by atoms with E-state index >= 15 is 0 Å². The minimum Gasteiger partial charge on any atom is -0.323 e. The van der Waals surface area contributed by atoms with Crippen molar-refractivity contribution in [2.45, 2.75) is 19.4 Å². The summed E-state index contributed by atoms with van der Waals surface area (Å²) in [7, 11) is 0. The number of anilines is 1. The number of amides is 1. The van der Waals surface area contributed by atoms with Crippen molar-refractivity contribution in [2.24, 2.45) is 0 Å². The molecule has 6 heteroatoms. The minimum absolute atomic E-state index is 0.328. The predicted molar refractivity (Wildman–Crippen MR) is 103 cm³/mol. The molecule has 1 amide bonds. The van der Waals surface area contributed by atoms with Gasteiger partial charge in [-0.3, -0.25) is 9.59 Å². The van der Waals surface area contributed by atoms with Gasteiger partial charge in [0.1, 0.15) is 6.04 Å². The first kappa shape index (κ1) is 17.9. The zero-order valence-corrected chi connectivity index (χ0v) is 15.0. The Morgan fingerprint density at radius 2 is 1.77 bits per heavy atom. The summed E-state index contributed by atoms with van der Waals surface area (Å²) in [6.07, 6.45) is 0.418. The summed E-state index contributed by atoms with van der Waals surface area (Å²) in [6.45, 7) is 1.83. The number of aromatic nitrogens is 2. The molecule has 0 bridgehead atoms. The van der Waals surface area contributed by atoms with Crippen LogP contribution in [0.5, 0.6) is 0 Å². The van der Waals surface area contributed by atoms with Crippen LogP contribution in [-0.2, 0) is 4.79 Å². The molecule has 0 radical (unpaired) electrons. The van der Waals surface area contributed by atoms with Crippen LogP contribution in [0.1, 0.15) is 19.4 Å². The van der Waals surface area contributed by atoms with Gasteiger partial charge in [0, 0.05) is 11.6 Å². The Bertz CT molecular complexity index is 970. The Morgan fingerprint density at radius 1 is 1.08 bits per heavy atom. The molecule has 5 nitrogen and oxygen atoms in total. The summed E-state index contributed by atoms with van der Waals surface area (Å²) in [5.74, 6) is -0.333. The van der Waals surface area contributed by atoms with E-state index in [-0.39, 0.29) is 11.5 Å².